The second-order valence-electron chi connectivity index (χ2n) is 7.63. The van der Waals surface area contributed by atoms with Crippen LogP contribution in [0.15, 0.2) is 59.8 Å². The Morgan fingerprint density at radius 2 is 1.73 bits per heavy atom. The van der Waals surface area contributed by atoms with Crippen LogP contribution in [-0.2, 0) is 12.3 Å². The van der Waals surface area contributed by atoms with E-state index >= 15 is 0 Å². The Morgan fingerprint density at radius 3 is 2.42 bits per heavy atom. The SMILES string of the molecule is Cc1ccc(-n2nnc(C(=O)NCc3ccccc3Cl)c2CSc2nc(C)cc(C)n2)cc1. The smallest absolute Gasteiger partial charge is 0.274 e. The molecule has 0 aliphatic heterocycles. The molecular formula is C24H23ClN6OS. The quantitative estimate of drug-likeness (QED) is 0.301. The average molecular weight is 479 g/mol. The minimum Gasteiger partial charge on any atom is -0.346 e. The van der Waals surface area contributed by atoms with Crippen LogP contribution >= 0.6 is 23.4 Å². The Morgan fingerprint density at radius 1 is 1.03 bits per heavy atom. The summed E-state index contributed by atoms with van der Waals surface area (Å²) in [6.45, 7) is 6.18. The van der Waals surface area contributed by atoms with Crippen molar-refractivity contribution in [1.82, 2.24) is 30.3 Å². The van der Waals surface area contributed by atoms with Crippen molar-refractivity contribution in [1.29, 1.82) is 0 Å². The fourth-order valence-corrected chi connectivity index (χ4v) is 4.44. The molecule has 0 saturated carbocycles. The molecule has 168 valence electrons. The van der Waals surface area contributed by atoms with Crippen LogP contribution in [-0.4, -0.2) is 30.9 Å². The Hall–Kier alpha value is -3.23. The summed E-state index contributed by atoms with van der Waals surface area (Å²) in [7, 11) is 0. The number of aryl methyl sites for hydroxylation is 3. The van der Waals surface area contributed by atoms with Gasteiger partial charge in [-0.2, -0.15) is 0 Å². The number of hydrogen-bond acceptors (Lipinski definition) is 6. The van der Waals surface area contributed by atoms with Crippen molar-refractivity contribution >= 4 is 29.3 Å². The molecule has 0 unspecified atom stereocenters. The largest absolute Gasteiger partial charge is 0.346 e. The number of carbonyl (C=O) groups is 1. The van der Waals surface area contributed by atoms with E-state index in [0.717, 1.165) is 28.2 Å². The predicted molar refractivity (Wildman–Crippen MR) is 130 cm³/mol. The van der Waals surface area contributed by atoms with E-state index in [1.165, 1.54) is 11.8 Å². The van der Waals surface area contributed by atoms with Crippen LogP contribution in [0.3, 0.4) is 0 Å². The van der Waals surface area contributed by atoms with Gasteiger partial charge in [-0.05, 0) is 50.6 Å². The molecule has 0 atom stereocenters. The monoisotopic (exact) mass is 478 g/mol. The van der Waals surface area contributed by atoms with Crippen LogP contribution in [0.1, 0.15) is 38.7 Å². The number of benzene rings is 2. The third-order valence-electron chi connectivity index (χ3n) is 4.95. The van der Waals surface area contributed by atoms with Crippen LogP contribution in [0.5, 0.6) is 0 Å². The lowest BCUT2D eigenvalue weighted by Crippen LogP contribution is -2.24. The molecule has 0 bridgehead atoms. The Balaban J connectivity index is 1.62. The number of amides is 1. The van der Waals surface area contributed by atoms with Crippen LogP contribution in [0.25, 0.3) is 5.69 Å². The normalized spacial score (nSPS) is 10.9. The van der Waals surface area contributed by atoms with Crippen molar-refractivity contribution in [3.05, 3.63) is 93.5 Å². The number of nitrogens with zero attached hydrogens (tertiary/aromatic N) is 5. The Bertz CT molecular complexity index is 1270. The van der Waals surface area contributed by atoms with Gasteiger partial charge in [0.2, 0.25) is 0 Å². The van der Waals surface area contributed by atoms with Crippen LogP contribution in [0.2, 0.25) is 5.02 Å². The summed E-state index contributed by atoms with van der Waals surface area (Å²) in [5, 5.41) is 12.6. The predicted octanol–water partition coefficient (Wildman–Crippen LogP) is 4.86. The molecule has 1 amide bonds. The summed E-state index contributed by atoms with van der Waals surface area (Å²) in [5.41, 5.74) is 5.52. The molecule has 7 nitrogen and oxygen atoms in total. The van der Waals surface area contributed by atoms with Gasteiger partial charge in [-0.1, -0.05) is 64.5 Å². The van der Waals surface area contributed by atoms with Crippen molar-refractivity contribution in [2.75, 3.05) is 0 Å². The summed E-state index contributed by atoms with van der Waals surface area (Å²) >= 11 is 7.67. The van der Waals surface area contributed by atoms with Crippen molar-refractivity contribution in [3.8, 4) is 5.69 Å². The van der Waals surface area contributed by atoms with Crippen LogP contribution in [0, 0.1) is 20.8 Å². The number of hydrogen-bond donors (Lipinski definition) is 1. The van der Waals surface area contributed by atoms with Gasteiger partial charge in [0.25, 0.3) is 5.91 Å². The van der Waals surface area contributed by atoms with Gasteiger partial charge in [-0.3, -0.25) is 4.79 Å². The first kappa shape index (κ1) is 22.9. The molecule has 0 fully saturated rings. The highest BCUT2D eigenvalue weighted by Gasteiger charge is 2.21. The molecule has 9 heteroatoms. The van der Waals surface area contributed by atoms with Crippen LogP contribution < -0.4 is 5.32 Å². The first-order chi connectivity index (χ1) is 15.9. The van der Waals surface area contributed by atoms with E-state index in [1.54, 1.807) is 10.7 Å². The lowest BCUT2D eigenvalue weighted by atomic mass is 10.2. The fraction of sp³-hybridized carbons (Fsp3) is 0.208. The summed E-state index contributed by atoms with van der Waals surface area (Å²) in [6.07, 6.45) is 0. The molecule has 1 N–H and O–H groups in total. The van der Waals surface area contributed by atoms with Gasteiger partial charge in [0.05, 0.1) is 11.4 Å². The maximum Gasteiger partial charge on any atom is 0.274 e. The molecule has 4 rings (SSSR count). The Labute approximate surface area is 201 Å². The first-order valence-electron chi connectivity index (χ1n) is 10.4. The van der Waals surface area contributed by atoms with Gasteiger partial charge in [-0.15, -0.1) is 5.10 Å². The van der Waals surface area contributed by atoms with E-state index in [2.05, 4.69) is 25.6 Å². The average Bonchev–Trinajstić information content (AvgIpc) is 3.21. The minimum absolute atomic E-state index is 0.263. The van der Waals surface area contributed by atoms with E-state index < -0.39 is 0 Å². The van der Waals surface area contributed by atoms with E-state index in [-0.39, 0.29) is 11.6 Å². The zero-order valence-corrected chi connectivity index (χ0v) is 20.1. The third-order valence-corrected chi connectivity index (χ3v) is 6.18. The number of aromatic nitrogens is 5. The molecule has 0 spiro atoms. The maximum absolute atomic E-state index is 13.1. The highest BCUT2D eigenvalue weighted by molar-refractivity contribution is 7.98. The van der Waals surface area contributed by atoms with E-state index in [1.807, 2.05) is 69.3 Å². The second kappa shape index (κ2) is 10.1. The second-order valence-corrected chi connectivity index (χ2v) is 8.98. The van der Waals surface area contributed by atoms with Gasteiger partial charge >= 0.3 is 0 Å². The standard InChI is InChI=1S/C24H23ClN6OS/c1-15-8-10-19(11-9-15)31-21(14-33-24-27-16(2)12-17(3)28-24)22(29-30-31)23(32)26-13-18-6-4-5-7-20(18)25/h4-12H,13-14H2,1-3H3,(H,26,32). The molecular weight excluding hydrogens is 456 g/mol. The number of carbonyl (C=O) groups excluding carboxylic acids is 1. The summed E-state index contributed by atoms with van der Waals surface area (Å²) in [6, 6.07) is 17.2. The van der Waals surface area contributed by atoms with E-state index in [9.17, 15) is 4.79 Å². The highest BCUT2D eigenvalue weighted by Crippen LogP contribution is 2.24. The highest BCUT2D eigenvalue weighted by atomic mass is 35.5. The molecule has 2 aromatic carbocycles. The topological polar surface area (TPSA) is 85.6 Å². The van der Waals surface area contributed by atoms with Gasteiger partial charge in [-0.25, -0.2) is 14.6 Å². The lowest BCUT2D eigenvalue weighted by Gasteiger charge is -2.10. The number of rotatable bonds is 7. The van der Waals surface area contributed by atoms with Gasteiger partial charge in [0.1, 0.15) is 0 Å². The van der Waals surface area contributed by atoms with Crippen molar-refractivity contribution in [3.63, 3.8) is 0 Å². The molecule has 4 aromatic rings. The van der Waals surface area contributed by atoms with Gasteiger partial charge in [0.15, 0.2) is 10.9 Å². The molecule has 0 radical (unpaired) electrons. The van der Waals surface area contributed by atoms with Gasteiger partial charge in [0, 0.05) is 28.7 Å². The first-order valence-corrected chi connectivity index (χ1v) is 11.8. The van der Waals surface area contributed by atoms with Crippen molar-refractivity contribution in [2.45, 2.75) is 38.2 Å². The summed E-state index contributed by atoms with van der Waals surface area (Å²) < 4.78 is 1.69. The Kier molecular flexibility index (Phi) is 7.05. The van der Waals surface area contributed by atoms with Crippen molar-refractivity contribution in [2.24, 2.45) is 0 Å². The number of halogens is 1. The zero-order valence-electron chi connectivity index (χ0n) is 18.5. The maximum atomic E-state index is 13.1. The van der Waals surface area contributed by atoms with Gasteiger partial charge < -0.3 is 5.32 Å². The number of nitrogens with one attached hydrogen (secondary N) is 1. The molecule has 0 aliphatic carbocycles. The summed E-state index contributed by atoms with van der Waals surface area (Å²) in [4.78, 5) is 22.0. The van der Waals surface area contributed by atoms with Crippen LogP contribution in [0.4, 0.5) is 0 Å². The molecule has 2 aromatic heterocycles. The van der Waals surface area contributed by atoms with E-state index in [4.69, 9.17) is 11.6 Å². The molecule has 0 aliphatic rings. The fourth-order valence-electron chi connectivity index (χ4n) is 3.29. The van der Waals surface area contributed by atoms with Crippen molar-refractivity contribution < 1.29 is 4.79 Å². The number of thioether (sulfide) groups is 1. The molecule has 0 saturated heterocycles. The van der Waals surface area contributed by atoms with E-state index in [0.29, 0.717) is 28.2 Å². The molecule has 33 heavy (non-hydrogen) atoms. The summed E-state index contributed by atoms with van der Waals surface area (Å²) in [5.74, 6) is 0.115. The zero-order chi connectivity index (χ0) is 23.4. The third kappa shape index (κ3) is 5.58. The molecule has 2 heterocycles. The minimum atomic E-state index is -0.315. The lowest BCUT2D eigenvalue weighted by molar-refractivity contribution is 0.0945.